The van der Waals surface area contributed by atoms with Gasteiger partial charge >= 0.3 is 0 Å². The Hall–Kier alpha value is -0.120. The predicted molar refractivity (Wildman–Crippen MR) is 96.8 cm³/mol. The molecule has 0 aliphatic carbocycles. The zero-order valence-corrected chi connectivity index (χ0v) is 15.9. The largest absolute Gasteiger partial charge is 0.379 e. The Morgan fingerprint density at radius 2 is 1.48 bits per heavy atom. The van der Waals surface area contributed by atoms with Crippen LogP contribution in [0.5, 0.6) is 0 Å². The van der Waals surface area contributed by atoms with Crippen molar-refractivity contribution in [1.82, 2.24) is 0 Å². The van der Waals surface area contributed by atoms with Crippen molar-refractivity contribution in [2.45, 2.75) is 110 Å². The van der Waals surface area contributed by atoms with Crippen LogP contribution < -0.4 is 0 Å². The molecular weight excluding hydrogens is 288 g/mol. The van der Waals surface area contributed by atoms with E-state index in [1.807, 2.05) is 0 Å². The van der Waals surface area contributed by atoms with Gasteiger partial charge in [-0.05, 0) is 19.8 Å². The Kier molecular flexibility index (Phi) is 12.0. The molecule has 0 saturated carbocycles. The van der Waals surface area contributed by atoms with Gasteiger partial charge in [0.25, 0.3) is 0 Å². The summed E-state index contributed by atoms with van der Waals surface area (Å²) in [5.74, 6) is -0.375. The maximum Gasteiger partial charge on any atom is 0.166 e. The van der Waals surface area contributed by atoms with E-state index in [1.54, 1.807) is 0 Å². The van der Waals surface area contributed by atoms with Crippen LogP contribution in [0.15, 0.2) is 0 Å². The molecule has 1 saturated heterocycles. The second-order valence-electron chi connectivity index (χ2n) is 7.19. The highest BCUT2D eigenvalue weighted by atomic mass is 16.7. The smallest absolute Gasteiger partial charge is 0.166 e. The molecule has 1 heterocycles. The summed E-state index contributed by atoms with van der Waals surface area (Å²) in [6, 6.07) is 0. The Bertz CT molecular complexity index is 270. The lowest BCUT2D eigenvalue weighted by Crippen LogP contribution is -2.28. The van der Waals surface area contributed by atoms with Crippen molar-refractivity contribution in [3.8, 4) is 0 Å². The minimum atomic E-state index is -0.375. The van der Waals surface area contributed by atoms with Gasteiger partial charge in [-0.3, -0.25) is 0 Å². The van der Waals surface area contributed by atoms with Gasteiger partial charge in [0.15, 0.2) is 5.79 Å². The van der Waals surface area contributed by atoms with Gasteiger partial charge < -0.3 is 14.2 Å². The summed E-state index contributed by atoms with van der Waals surface area (Å²) in [6.45, 7) is 8.74. The fourth-order valence-corrected chi connectivity index (χ4v) is 3.12. The lowest BCUT2D eigenvalue weighted by molar-refractivity contribution is -0.164. The number of rotatable bonds is 15. The highest BCUT2D eigenvalue weighted by Crippen LogP contribution is 2.29. The number of hydrogen-bond acceptors (Lipinski definition) is 3. The zero-order chi connectivity index (χ0) is 16.8. The van der Waals surface area contributed by atoms with Gasteiger partial charge in [0, 0.05) is 13.0 Å². The molecule has 3 nitrogen and oxygen atoms in total. The van der Waals surface area contributed by atoms with Gasteiger partial charge in [-0.25, -0.2) is 0 Å². The van der Waals surface area contributed by atoms with E-state index in [1.165, 1.54) is 64.2 Å². The molecule has 138 valence electrons. The van der Waals surface area contributed by atoms with Crippen molar-refractivity contribution in [3.05, 3.63) is 0 Å². The average Bonchev–Trinajstić information content (AvgIpc) is 2.92. The second-order valence-corrected chi connectivity index (χ2v) is 7.19. The van der Waals surface area contributed by atoms with Crippen LogP contribution in [0.2, 0.25) is 0 Å². The van der Waals surface area contributed by atoms with E-state index in [0.717, 1.165) is 19.4 Å². The molecule has 2 unspecified atom stereocenters. The third-order valence-electron chi connectivity index (χ3n) is 4.67. The van der Waals surface area contributed by atoms with Gasteiger partial charge in [-0.15, -0.1) is 0 Å². The van der Waals surface area contributed by atoms with Crippen LogP contribution >= 0.6 is 0 Å². The summed E-state index contributed by atoms with van der Waals surface area (Å²) in [6.07, 6.45) is 15.6. The highest BCUT2D eigenvalue weighted by molar-refractivity contribution is 4.75. The lowest BCUT2D eigenvalue weighted by Gasteiger charge is -2.23. The van der Waals surface area contributed by atoms with Crippen LogP contribution in [0.3, 0.4) is 0 Å². The molecule has 1 fully saturated rings. The van der Waals surface area contributed by atoms with Gasteiger partial charge in [-0.1, -0.05) is 71.6 Å². The van der Waals surface area contributed by atoms with Crippen LogP contribution in [-0.4, -0.2) is 31.7 Å². The van der Waals surface area contributed by atoms with Crippen molar-refractivity contribution in [2.24, 2.45) is 0 Å². The Balaban J connectivity index is 1.96. The second kappa shape index (κ2) is 13.2. The molecule has 0 amide bonds. The van der Waals surface area contributed by atoms with Crippen LogP contribution in [0.25, 0.3) is 0 Å². The van der Waals surface area contributed by atoms with Crippen LogP contribution in [0, 0.1) is 0 Å². The minimum Gasteiger partial charge on any atom is -0.379 e. The molecule has 0 radical (unpaired) electrons. The van der Waals surface area contributed by atoms with E-state index in [4.69, 9.17) is 14.2 Å². The molecule has 23 heavy (non-hydrogen) atoms. The van der Waals surface area contributed by atoms with E-state index in [0.29, 0.717) is 13.2 Å². The standard InChI is InChI=1S/C20H40O3/c1-4-6-8-9-10-11-12-13-14-15-20(3)22-18-19(23-20)17-21-16-7-5-2/h19H,4-18H2,1-3H3. The topological polar surface area (TPSA) is 27.7 Å². The Morgan fingerprint density at radius 3 is 2.13 bits per heavy atom. The number of hydrogen-bond donors (Lipinski definition) is 0. The molecule has 0 aromatic rings. The maximum atomic E-state index is 6.05. The molecule has 0 spiro atoms. The molecule has 1 aliphatic heterocycles. The molecular formula is C20H40O3. The first-order chi connectivity index (χ1) is 11.2. The summed E-state index contributed by atoms with van der Waals surface area (Å²) in [5.41, 5.74) is 0. The molecule has 0 N–H and O–H groups in total. The fraction of sp³-hybridized carbons (Fsp3) is 1.00. The van der Waals surface area contributed by atoms with E-state index >= 15 is 0 Å². The first kappa shape index (κ1) is 20.9. The SMILES string of the molecule is CCCCCCCCCCCC1(C)OCC(COCCCC)O1. The molecule has 2 atom stereocenters. The molecule has 0 aromatic heterocycles. The predicted octanol–water partition coefficient (Wildman–Crippen LogP) is 5.86. The average molecular weight is 329 g/mol. The first-order valence-electron chi connectivity index (χ1n) is 10.1. The van der Waals surface area contributed by atoms with E-state index in [9.17, 15) is 0 Å². The lowest BCUT2D eigenvalue weighted by atomic mass is 10.0. The molecule has 1 aliphatic rings. The normalized spacial score (nSPS) is 24.4. The molecule has 1 rings (SSSR count). The monoisotopic (exact) mass is 328 g/mol. The van der Waals surface area contributed by atoms with Crippen LogP contribution in [0.1, 0.15) is 97.8 Å². The fourth-order valence-electron chi connectivity index (χ4n) is 3.12. The van der Waals surface area contributed by atoms with E-state index in [2.05, 4.69) is 20.8 Å². The van der Waals surface area contributed by atoms with Gasteiger partial charge in [0.1, 0.15) is 6.10 Å². The highest BCUT2D eigenvalue weighted by Gasteiger charge is 2.36. The minimum absolute atomic E-state index is 0.121. The molecule has 3 heteroatoms. The van der Waals surface area contributed by atoms with Crippen molar-refractivity contribution >= 4 is 0 Å². The summed E-state index contributed by atoms with van der Waals surface area (Å²) in [7, 11) is 0. The first-order valence-corrected chi connectivity index (χ1v) is 10.1. The van der Waals surface area contributed by atoms with Crippen LogP contribution in [-0.2, 0) is 14.2 Å². The summed E-state index contributed by atoms with van der Waals surface area (Å²) in [5, 5.41) is 0. The quantitative estimate of drug-likeness (QED) is 0.353. The molecule has 0 bridgehead atoms. The Morgan fingerprint density at radius 1 is 0.870 bits per heavy atom. The van der Waals surface area contributed by atoms with Crippen molar-refractivity contribution in [2.75, 3.05) is 19.8 Å². The van der Waals surface area contributed by atoms with Crippen molar-refractivity contribution in [3.63, 3.8) is 0 Å². The van der Waals surface area contributed by atoms with E-state index < -0.39 is 0 Å². The zero-order valence-electron chi connectivity index (χ0n) is 15.9. The third-order valence-corrected chi connectivity index (χ3v) is 4.67. The van der Waals surface area contributed by atoms with E-state index in [-0.39, 0.29) is 11.9 Å². The number of ether oxygens (including phenoxy) is 3. The van der Waals surface area contributed by atoms with Crippen molar-refractivity contribution in [1.29, 1.82) is 0 Å². The van der Waals surface area contributed by atoms with Gasteiger partial charge in [0.05, 0.1) is 13.2 Å². The maximum absolute atomic E-state index is 6.05. The Labute approximate surface area is 144 Å². The molecule has 0 aromatic carbocycles. The third kappa shape index (κ3) is 10.4. The van der Waals surface area contributed by atoms with Crippen LogP contribution in [0.4, 0.5) is 0 Å². The summed E-state index contributed by atoms with van der Waals surface area (Å²) < 4.78 is 17.6. The summed E-state index contributed by atoms with van der Waals surface area (Å²) in [4.78, 5) is 0. The summed E-state index contributed by atoms with van der Waals surface area (Å²) >= 11 is 0. The van der Waals surface area contributed by atoms with Crippen molar-refractivity contribution < 1.29 is 14.2 Å². The van der Waals surface area contributed by atoms with Gasteiger partial charge in [0.2, 0.25) is 0 Å². The number of unbranched alkanes of at least 4 members (excludes halogenated alkanes) is 9. The van der Waals surface area contributed by atoms with Gasteiger partial charge in [-0.2, -0.15) is 0 Å².